The van der Waals surface area contributed by atoms with Gasteiger partial charge in [0.2, 0.25) is 16.9 Å². The number of benzene rings is 2. The van der Waals surface area contributed by atoms with Gasteiger partial charge >= 0.3 is 0 Å². The molecule has 3 rings (SSSR count). The molecule has 2 amide bonds. The maximum atomic E-state index is 12.3. The lowest BCUT2D eigenvalue weighted by Crippen LogP contribution is -2.28. The van der Waals surface area contributed by atoms with Crippen LogP contribution in [0.2, 0.25) is 0 Å². The van der Waals surface area contributed by atoms with E-state index < -0.39 is 0 Å². The molecule has 0 radical (unpaired) electrons. The summed E-state index contributed by atoms with van der Waals surface area (Å²) in [6, 6.07) is 14.2. The topological polar surface area (TPSA) is 165 Å². The van der Waals surface area contributed by atoms with Crippen LogP contribution in [0.4, 0.5) is 5.13 Å². The minimum atomic E-state index is -0.251. The number of nitrogens with zero attached hydrogens (tertiary/aromatic N) is 2. The number of aromatic nitrogens is 2. The van der Waals surface area contributed by atoms with Crippen molar-refractivity contribution < 1.29 is 19.4 Å². The number of anilines is 1. The molecule has 0 aliphatic carbocycles. The molecule has 0 aliphatic heterocycles. The van der Waals surface area contributed by atoms with E-state index in [-0.39, 0.29) is 36.2 Å². The third kappa shape index (κ3) is 9.58. The quantitative estimate of drug-likeness (QED) is 0.164. The van der Waals surface area contributed by atoms with Gasteiger partial charge < -0.3 is 31.9 Å². The number of unbranched alkanes of at least 4 members (excludes halogenated alkanes) is 1. The standard InChI is InChI=1S/C27H32N6O4S/c1-37-22-13-11-19(15-21(22)34)17-25(36)31-27-33-32-26(38-27)10-6-5-9-20(28)12-14-23(29)30-24(35)16-18-7-3-2-4-8-18/h2-4,7-8,11-15,34H,5-6,9-10,16-17,28-29H2,1H3,(H,30,35)(H,31,33,36)/b20-12-,23-14+. The Labute approximate surface area is 225 Å². The fraction of sp³-hybridized carbons (Fsp3) is 0.259. The summed E-state index contributed by atoms with van der Waals surface area (Å²) >= 11 is 1.32. The molecule has 200 valence electrons. The van der Waals surface area contributed by atoms with Crippen LogP contribution < -0.4 is 26.8 Å². The minimum Gasteiger partial charge on any atom is -0.504 e. The highest BCUT2D eigenvalue weighted by molar-refractivity contribution is 7.15. The highest BCUT2D eigenvalue weighted by Gasteiger charge is 2.11. The van der Waals surface area contributed by atoms with Crippen molar-refractivity contribution in [2.45, 2.75) is 38.5 Å². The summed E-state index contributed by atoms with van der Waals surface area (Å²) in [5.74, 6) is 0.129. The van der Waals surface area contributed by atoms with Crippen LogP contribution in [0.15, 0.2) is 72.2 Å². The normalized spacial score (nSPS) is 11.7. The molecule has 38 heavy (non-hydrogen) atoms. The van der Waals surface area contributed by atoms with Crippen molar-refractivity contribution in [1.82, 2.24) is 15.5 Å². The van der Waals surface area contributed by atoms with Gasteiger partial charge in [0.25, 0.3) is 0 Å². The molecule has 0 saturated heterocycles. The number of ether oxygens (including phenoxy) is 1. The van der Waals surface area contributed by atoms with Gasteiger partial charge in [0.05, 0.1) is 20.0 Å². The molecule has 7 N–H and O–H groups in total. The van der Waals surface area contributed by atoms with E-state index in [0.717, 1.165) is 23.4 Å². The molecular formula is C27H32N6O4S. The molecule has 11 heteroatoms. The maximum absolute atomic E-state index is 12.3. The number of carbonyl (C=O) groups excluding carboxylic acids is 2. The van der Waals surface area contributed by atoms with Crippen LogP contribution in [-0.2, 0) is 28.9 Å². The molecular weight excluding hydrogens is 504 g/mol. The van der Waals surface area contributed by atoms with Crippen molar-refractivity contribution in [2.75, 3.05) is 12.4 Å². The van der Waals surface area contributed by atoms with Gasteiger partial charge in [0, 0.05) is 12.1 Å². The Bertz CT molecular complexity index is 1290. The van der Waals surface area contributed by atoms with E-state index in [1.165, 1.54) is 24.5 Å². The van der Waals surface area contributed by atoms with Crippen molar-refractivity contribution in [2.24, 2.45) is 11.5 Å². The largest absolute Gasteiger partial charge is 0.504 e. The first-order chi connectivity index (χ1) is 18.3. The zero-order valence-corrected chi connectivity index (χ0v) is 22.0. The smallest absolute Gasteiger partial charge is 0.230 e. The molecule has 0 spiro atoms. The van der Waals surface area contributed by atoms with Gasteiger partial charge in [-0.2, -0.15) is 0 Å². The van der Waals surface area contributed by atoms with Crippen molar-refractivity contribution in [3.63, 3.8) is 0 Å². The van der Waals surface area contributed by atoms with Gasteiger partial charge in [-0.25, -0.2) is 0 Å². The molecule has 0 fully saturated rings. The Morgan fingerprint density at radius 1 is 1.00 bits per heavy atom. The van der Waals surface area contributed by atoms with E-state index in [2.05, 4.69) is 20.8 Å². The molecule has 2 aromatic carbocycles. The summed E-state index contributed by atoms with van der Waals surface area (Å²) in [5.41, 5.74) is 14.1. The average Bonchev–Trinajstić information content (AvgIpc) is 3.33. The summed E-state index contributed by atoms with van der Waals surface area (Å²) in [7, 11) is 1.46. The summed E-state index contributed by atoms with van der Waals surface area (Å²) < 4.78 is 5.01. The number of carbonyl (C=O) groups is 2. The highest BCUT2D eigenvalue weighted by Crippen LogP contribution is 2.26. The second-order valence-corrected chi connectivity index (χ2v) is 9.58. The van der Waals surface area contributed by atoms with Gasteiger partial charge in [-0.15, -0.1) is 10.2 Å². The number of aromatic hydroxyl groups is 1. The van der Waals surface area contributed by atoms with Gasteiger partial charge in [-0.1, -0.05) is 47.7 Å². The van der Waals surface area contributed by atoms with Crippen LogP contribution in [0.5, 0.6) is 11.5 Å². The molecule has 0 unspecified atom stereocenters. The Hall–Kier alpha value is -4.38. The highest BCUT2D eigenvalue weighted by atomic mass is 32.1. The van der Waals surface area contributed by atoms with E-state index in [9.17, 15) is 14.7 Å². The van der Waals surface area contributed by atoms with Gasteiger partial charge in [0.15, 0.2) is 11.5 Å². The fourth-order valence-electron chi connectivity index (χ4n) is 3.51. The SMILES string of the molecule is COc1ccc(CC(=O)Nc2nnc(CCCC/C(N)=C/C=C(\N)NC(=O)Cc3ccccc3)s2)cc1O. The summed E-state index contributed by atoms with van der Waals surface area (Å²) in [4.78, 5) is 24.4. The van der Waals surface area contributed by atoms with Gasteiger partial charge in [0.1, 0.15) is 10.8 Å². The van der Waals surface area contributed by atoms with Crippen LogP contribution >= 0.6 is 11.3 Å². The lowest BCUT2D eigenvalue weighted by atomic mass is 10.1. The minimum absolute atomic E-state index is 0.0171. The summed E-state index contributed by atoms with van der Waals surface area (Å²) in [6.07, 6.45) is 6.67. The molecule has 1 heterocycles. The van der Waals surface area contributed by atoms with Gasteiger partial charge in [-0.05, 0) is 54.7 Å². The maximum Gasteiger partial charge on any atom is 0.230 e. The van der Waals surface area contributed by atoms with E-state index in [1.54, 1.807) is 24.3 Å². The number of methoxy groups -OCH3 is 1. The van der Waals surface area contributed by atoms with E-state index in [1.807, 2.05) is 30.3 Å². The number of phenols is 1. The Morgan fingerprint density at radius 2 is 1.76 bits per heavy atom. The van der Waals surface area contributed by atoms with Crippen molar-refractivity contribution in [3.05, 3.63) is 88.3 Å². The van der Waals surface area contributed by atoms with E-state index in [4.69, 9.17) is 16.2 Å². The predicted molar refractivity (Wildman–Crippen MR) is 147 cm³/mol. The number of hydrogen-bond acceptors (Lipinski definition) is 9. The number of allylic oxidation sites excluding steroid dienone is 3. The van der Waals surface area contributed by atoms with Crippen LogP contribution in [0, 0.1) is 0 Å². The van der Waals surface area contributed by atoms with Crippen LogP contribution in [0.1, 0.15) is 35.4 Å². The number of amides is 2. The Balaban J connectivity index is 1.35. The summed E-state index contributed by atoms with van der Waals surface area (Å²) in [6.45, 7) is 0. The number of nitrogens with two attached hydrogens (primary N) is 2. The van der Waals surface area contributed by atoms with Crippen LogP contribution in [0.3, 0.4) is 0 Å². The average molecular weight is 537 g/mol. The first-order valence-corrected chi connectivity index (χ1v) is 12.9. The third-order valence-electron chi connectivity index (χ3n) is 5.40. The lowest BCUT2D eigenvalue weighted by Gasteiger charge is -2.06. The molecule has 0 bridgehead atoms. The monoisotopic (exact) mass is 536 g/mol. The van der Waals surface area contributed by atoms with Gasteiger partial charge in [-0.3, -0.25) is 9.59 Å². The lowest BCUT2D eigenvalue weighted by molar-refractivity contribution is -0.119. The first kappa shape index (κ1) is 28.2. The molecule has 0 atom stereocenters. The summed E-state index contributed by atoms with van der Waals surface area (Å²) in [5, 5.41) is 24.6. The molecule has 3 aromatic rings. The number of hydrogen-bond donors (Lipinski definition) is 5. The first-order valence-electron chi connectivity index (χ1n) is 12.1. The number of rotatable bonds is 13. The Kier molecular flexibility index (Phi) is 10.7. The zero-order chi connectivity index (χ0) is 27.3. The van der Waals surface area contributed by atoms with Crippen LogP contribution in [0.25, 0.3) is 0 Å². The van der Waals surface area contributed by atoms with Crippen molar-refractivity contribution in [1.29, 1.82) is 0 Å². The molecule has 0 aliphatic rings. The number of nitrogens with one attached hydrogen (secondary N) is 2. The van der Waals surface area contributed by atoms with Crippen LogP contribution in [-0.4, -0.2) is 34.2 Å². The van der Waals surface area contributed by atoms with E-state index in [0.29, 0.717) is 35.0 Å². The van der Waals surface area contributed by atoms with Crippen molar-refractivity contribution >= 4 is 28.3 Å². The zero-order valence-electron chi connectivity index (χ0n) is 21.1. The van der Waals surface area contributed by atoms with Crippen molar-refractivity contribution in [3.8, 4) is 11.5 Å². The second-order valence-electron chi connectivity index (χ2n) is 8.51. The molecule has 10 nitrogen and oxygen atoms in total. The molecule has 1 aromatic heterocycles. The van der Waals surface area contributed by atoms with E-state index >= 15 is 0 Å². The fourth-order valence-corrected chi connectivity index (χ4v) is 4.31. The Morgan fingerprint density at radius 3 is 2.50 bits per heavy atom. The molecule has 0 saturated carbocycles. The number of phenolic OH excluding ortho intramolecular Hbond substituents is 1. The predicted octanol–water partition coefficient (Wildman–Crippen LogP) is 3.15. The third-order valence-corrected chi connectivity index (χ3v) is 6.29. The second kappa shape index (κ2) is 14.4. The number of aryl methyl sites for hydroxylation is 1.